The Morgan fingerprint density at radius 2 is 2.26 bits per heavy atom. The highest BCUT2D eigenvalue weighted by molar-refractivity contribution is 5.78. The maximum Gasteiger partial charge on any atom is 0.272 e. The van der Waals surface area contributed by atoms with Crippen molar-refractivity contribution in [1.29, 1.82) is 0 Å². The van der Waals surface area contributed by atoms with Gasteiger partial charge in [0.15, 0.2) is 5.65 Å². The van der Waals surface area contributed by atoms with Crippen LogP contribution in [-0.4, -0.2) is 45.7 Å². The number of carbonyl (C=O) groups is 1. The molecule has 23 heavy (non-hydrogen) atoms. The Morgan fingerprint density at radius 1 is 1.43 bits per heavy atom. The fraction of sp³-hybridized carbons (Fsp3) is 0.562. The number of fused-ring (bicyclic) bond motifs is 1. The van der Waals surface area contributed by atoms with Gasteiger partial charge in [-0.15, -0.1) is 0 Å². The number of nitrogens with zero attached hydrogens (tertiary/aromatic N) is 3. The highest BCUT2D eigenvalue weighted by Gasteiger charge is 2.29. The van der Waals surface area contributed by atoms with Crippen molar-refractivity contribution in [3.63, 3.8) is 0 Å². The van der Waals surface area contributed by atoms with E-state index in [0.29, 0.717) is 18.6 Å². The molecule has 3 rings (SSSR count). The molecule has 2 aromatic rings. The summed E-state index contributed by atoms with van der Waals surface area (Å²) in [6, 6.07) is 3.36. The Kier molecular flexibility index (Phi) is 4.47. The number of likely N-dealkylation sites (tertiary alicyclic amines) is 1. The summed E-state index contributed by atoms with van der Waals surface area (Å²) >= 11 is 0. The van der Waals surface area contributed by atoms with Crippen molar-refractivity contribution in [3.05, 3.63) is 33.9 Å². The van der Waals surface area contributed by atoms with E-state index in [1.807, 2.05) is 17.9 Å². The molecule has 124 valence electrons. The molecule has 1 aliphatic heterocycles. The van der Waals surface area contributed by atoms with E-state index in [-0.39, 0.29) is 24.1 Å². The van der Waals surface area contributed by atoms with Gasteiger partial charge in [-0.1, -0.05) is 6.92 Å². The Morgan fingerprint density at radius 3 is 3.00 bits per heavy atom. The minimum absolute atomic E-state index is 0.0228. The molecule has 1 saturated heterocycles. The molecule has 7 heteroatoms. The molecule has 1 fully saturated rings. The topological polar surface area (TPSA) is 79.7 Å². The van der Waals surface area contributed by atoms with Crippen LogP contribution in [-0.2, 0) is 16.0 Å². The molecule has 0 radical (unpaired) electrons. The van der Waals surface area contributed by atoms with Crippen LogP contribution in [0.2, 0.25) is 0 Å². The van der Waals surface area contributed by atoms with Crippen LogP contribution in [0.3, 0.4) is 0 Å². The molecule has 1 aliphatic rings. The fourth-order valence-corrected chi connectivity index (χ4v) is 3.17. The first kappa shape index (κ1) is 15.7. The molecule has 0 bridgehead atoms. The maximum absolute atomic E-state index is 12.3. The largest absolute Gasteiger partial charge is 0.375 e. The van der Waals surface area contributed by atoms with Crippen molar-refractivity contribution in [3.8, 4) is 0 Å². The SMILES string of the molecule is CCc1cc(=O)n2[nH]c([C@@H]3CCCCN3C(=O)COC)cc2n1. The Bertz CT molecular complexity index is 764. The molecular formula is C16H22N4O3. The van der Waals surface area contributed by atoms with Crippen molar-refractivity contribution in [2.75, 3.05) is 20.3 Å². The van der Waals surface area contributed by atoms with Crippen molar-refractivity contribution in [1.82, 2.24) is 19.5 Å². The summed E-state index contributed by atoms with van der Waals surface area (Å²) in [4.78, 5) is 30.7. The van der Waals surface area contributed by atoms with E-state index in [1.54, 1.807) is 6.07 Å². The zero-order valence-electron chi connectivity index (χ0n) is 13.5. The summed E-state index contributed by atoms with van der Waals surface area (Å²) in [6.45, 7) is 2.76. The first-order valence-electron chi connectivity index (χ1n) is 8.04. The molecule has 0 aliphatic carbocycles. The molecule has 3 heterocycles. The average Bonchev–Trinajstić information content (AvgIpc) is 2.99. The number of aryl methyl sites for hydroxylation is 1. The number of aromatic nitrogens is 3. The Labute approximate surface area is 134 Å². The molecule has 1 atom stereocenters. The molecule has 0 spiro atoms. The second-order valence-corrected chi connectivity index (χ2v) is 5.88. The fourth-order valence-electron chi connectivity index (χ4n) is 3.17. The van der Waals surface area contributed by atoms with Gasteiger partial charge in [0.25, 0.3) is 5.56 Å². The summed E-state index contributed by atoms with van der Waals surface area (Å²) < 4.78 is 6.43. The zero-order valence-corrected chi connectivity index (χ0v) is 13.5. The molecule has 7 nitrogen and oxygen atoms in total. The number of piperidine rings is 1. The van der Waals surface area contributed by atoms with Gasteiger partial charge in [-0.25, -0.2) is 9.50 Å². The van der Waals surface area contributed by atoms with Crippen LogP contribution in [0.25, 0.3) is 5.65 Å². The smallest absolute Gasteiger partial charge is 0.272 e. The van der Waals surface area contributed by atoms with E-state index in [4.69, 9.17) is 4.74 Å². The van der Waals surface area contributed by atoms with Gasteiger partial charge in [-0.3, -0.25) is 14.7 Å². The second kappa shape index (κ2) is 6.54. The van der Waals surface area contributed by atoms with Crippen LogP contribution in [0.5, 0.6) is 0 Å². The molecule has 0 saturated carbocycles. The number of carbonyl (C=O) groups excluding carboxylic acids is 1. The predicted molar refractivity (Wildman–Crippen MR) is 85.4 cm³/mol. The summed E-state index contributed by atoms with van der Waals surface area (Å²) in [5, 5.41) is 3.12. The first-order chi connectivity index (χ1) is 11.1. The van der Waals surface area contributed by atoms with Crippen molar-refractivity contribution < 1.29 is 9.53 Å². The van der Waals surface area contributed by atoms with Crippen LogP contribution in [0.15, 0.2) is 16.9 Å². The van der Waals surface area contributed by atoms with Gasteiger partial charge in [0.05, 0.1) is 11.7 Å². The van der Waals surface area contributed by atoms with Gasteiger partial charge in [0, 0.05) is 31.5 Å². The molecule has 2 aromatic heterocycles. The lowest BCUT2D eigenvalue weighted by atomic mass is 9.99. The first-order valence-corrected chi connectivity index (χ1v) is 8.04. The van der Waals surface area contributed by atoms with E-state index in [2.05, 4.69) is 10.1 Å². The van der Waals surface area contributed by atoms with Crippen LogP contribution in [0.1, 0.15) is 43.6 Å². The number of hydrogen-bond donors (Lipinski definition) is 1. The highest BCUT2D eigenvalue weighted by atomic mass is 16.5. The Balaban J connectivity index is 1.98. The van der Waals surface area contributed by atoms with Gasteiger partial charge in [-0.2, -0.15) is 0 Å². The van der Waals surface area contributed by atoms with Gasteiger partial charge in [0.2, 0.25) is 5.91 Å². The molecular weight excluding hydrogens is 296 g/mol. The summed E-state index contributed by atoms with van der Waals surface area (Å²) in [7, 11) is 1.52. The van der Waals surface area contributed by atoms with E-state index < -0.39 is 0 Å². The van der Waals surface area contributed by atoms with E-state index in [9.17, 15) is 9.59 Å². The van der Waals surface area contributed by atoms with Gasteiger partial charge >= 0.3 is 0 Å². The maximum atomic E-state index is 12.3. The quantitative estimate of drug-likeness (QED) is 0.921. The van der Waals surface area contributed by atoms with E-state index >= 15 is 0 Å². The molecule has 0 aromatic carbocycles. The monoisotopic (exact) mass is 318 g/mol. The summed E-state index contributed by atoms with van der Waals surface area (Å²) in [6.07, 6.45) is 3.63. The normalized spacial score (nSPS) is 18.5. The van der Waals surface area contributed by atoms with Crippen molar-refractivity contribution in [2.24, 2.45) is 0 Å². The predicted octanol–water partition coefficient (Wildman–Crippen LogP) is 1.28. The highest BCUT2D eigenvalue weighted by Crippen LogP contribution is 2.30. The number of methoxy groups -OCH3 is 1. The van der Waals surface area contributed by atoms with E-state index in [0.717, 1.165) is 30.7 Å². The van der Waals surface area contributed by atoms with Crippen molar-refractivity contribution >= 4 is 11.6 Å². The number of aromatic amines is 1. The molecule has 1 amide bonds. The number of rotatable bonds is 4. The number of amides is 1. The van der Waals surface area contributed by atoms with Crippen LogP contribution in [0.4, 0.5) is 0 Å². The Hall–Kier alpha value is -2.15. The van der Waals surface area contributed by atoms with Crippen molar-refractivity contribution in [2.45, 2.75) is 38.6 Å². The minimum atomic E-state index is -0.122. The molecule has 1 N–H and O–H groups in total. The number of H-pyrrole nitrogens is 1. The third-order valence-electron chi connectivity index (χ3n) is 4.34. The second-order valence-electron chi connectivity index (χ2n) is 5.88. The zero-order chi connectivity index (χ0) is 16.4. The third kappa shape index (κ3) is 3.01. The van der Waals surface area contributed by atoms with E-state index in [1.165, 1.54) is 11.6 Å². The lowest BCUT2D eigenvalue weighted by molar-refractivity contribution is -0.139. The van der Waals surface area contributed by atoms with Crippen LogP contribution >= 0.6 is 0 Å². The minimum Gasteiger partial charge on any atom is -0.375 e. The number of hydrogen-bond acceptors (Lipinski definition) is 4. The lowest BCUT2D eigenvalue weighted by Gasteiger charge is -2.35. The van der Waals surface area contributed by atoms with Gasteiger partial charge in [0.1, 0.15) is 6.61 Å². The standard InChI is InChI=1S/C16H22N4O3/c1-3-11-8-15(21)20-14(17-11)9-12(18-20)13-6-4-5-7-19(13)16(22)10-23-2/h8-9,13,18H,3-7,10H2,1-2H3/t13-/m0/s1. The van der Waals surface area contributed by atoms with Crippen LogP contribution in [0, 0.1) is 0 Å². The van der Waals surface area contributed by atoms with Gasteiger partial charge < -0.3 is 9.64 Å². The van der Waals surface area contributed by atoms with Crippen LogP contribution < -0.4 is 5.56 Å². The summed E-state index contributed by atoms with van der Waals surface area (Å²) in [5.74, 6) is -0.0228. The number of nitrogens with one attached hydrogen (secondary N) is 1. The summed E-state index contributed by atoms with van der Waals surface area (Å²) in [5.41, 5.74) is 2.11. The lowest BCUT2D eigenvalue weighted by Crippen LogP contribution is -2.40. The average molecular weight is 318 g/mol. The van der Waals surface area contributed by atoms with Gasteiger partial charge in [-0.05, 0) is 25.7 Å². The molecule has 0 unspecified atom stereocenters. The third-order valence-corrected chi connectivity index (χ3v) is 4.34. The number of ether oxygens (including phenoxy) is 1.